The molecule has 20 heavy (non-hydrogen) atoms. The van der Waals surface area contributed by atoms with Crippen molar-refractivity contribution in [2.24, 2.45) is 0 Å². The SMILES string of the molecule is CCCOc1cccc(C(=O)Nc2nnn(CC)n2)c1. The van der Waals surface area contributed by atoms with E-state index in [4.69, 9.17) is 4.74 Å². The summed E-state index contributed by atoms with van der Waals surface area (Å²) in [4.78, 5) is 13.5. The fourth-order valence-electron chi connectivity index (χ4n) is 1.55. The normalized spacial score (nSPS) is 10.3. The molecule has 2 rings (SSSR count). The fourth-order valence-corrected chi connectivity index (χ4v) is 1.55. The van der Waals surface area contributed by atoms with Crippen LogP contribution in [0.3, 0.4) is 0 Å². The van der Waals surface area contributed by atoms with Crippen LogP contribution in [0, 0.1) is 0 Å². The molecule has 1 heterocycles. The molecule has 1 amide bonds. The van der Waals surface area contributed by atoms with Crippen LogP contribution in [0.2, 0.25) is 0 Å². The van der Waals surface area contributed by atoms with Gasteiger partial charge in [0.1, 0.15) is 5.75 Å². The zero-order valence-corrected chi connectivity index (χ0v) is 11.5. The van der Waals surface area contributed by atoms with Crippen LogP contribution in [-0.2, 0) is 6.54 Å². The summed E-state index contributed by atoms with van der Waals surface area (Å²) in [6.45, 7) is 5.14. The number of carbonyl (C=O) groups is 1. The van der Waals surface area contributed by atoms with Crippen molar-refractivity contribution in [1.82, 2.24) is 20.2 Å². The van der Waals surface area contributed by atoms with E-state index >= 15 is 0 Å². The average Bonchev–Trinajstić information content (AvgIpc) is 2.93. The number of aryl methyl sites for hydroxylation is 1. The number of nitrogens with zero attached hydrogens (tertiary/aromatic N) is 4. The van der Waals surface area contributed by atoms with Gasteiger partial charge in [0, 0.05) is 5.56 Å². The van der Waals surface area contributed by atoms with Crippen LogP contribution >= 0.6 is 0 Å². The van der Waals surface area contributed by atoms with E-state index in [9.17, 15) is 4.79 Å². The third-order valence-electron chi connectivity index (χ3n) is 2.53. The van der Waals surface area contributed by atoms with Crippen LogP contribution in [0.5, 0.6) is 5.75 Å². The minimum atomic E-state index is -0.289. The maximum Gasteiger partial charge on any atom is 0.270 e. The monoisotopic (exact) mass is 275 g/mol. The number of anilines is 1. The highest BCUT2D eigenvalue weighted by Gasteiger charge is 2.10. The first kappa shape index (κ1) is 14.0. The molecule has 0 spiro atoms. The van der Waals surface area contributed by atoms with Gasteiger partial charge in [0.15, 0.2) is 0 Å². The molecule has 1 aromatic carbocycles. The predicted molar refractivity (Wildman–Crippen MR) is 73.7 cm³/mol. The number of benzene rings is 1. The highest BCUT2D eigenvalue weighted by atomic mass is 16.5. The van der Waals surface area contributed by atoms with Crippen LogP contribution in [0.15, 0.2) is 24.3 Å². The topological polar surface area (TPSA) is 81.9 Å². The first-order chi connectivity index (χ1) is 9.72. The summed E-state index contributed by atoms with van der Waals surface area (Å²) in [7, 11) is 0. The van der Waals surface area contributed by atoms with E-state index in [0.717, 1.165) is 6.42 Å². The minimum Gasteiger partial charge on any atom is -0.494 e. The van der Waals surface area contributed by atoms with Crippen molar-refractivity contribution in [2.45, 2.75) is 26.8 Å². The molecule has 0 unspecified atom stereocenters. The fraction of sp³-hybridized carbons (Fsp3) is 0.385. The minimum absolute atomic E-state index is 0.191. The van der Waals surface area contributed by atoms with Crippen molar-refractivity contribution < 1.29 is 9.53 Å². The van der Waals surface area contributed by atoms with Gasteiger partial charge in [0.05, 0.1) is 13.2 Å². The Morgan fingerprint density at radius 1 is 1.40 bits per heavy atom. The lowest BCUT2D eigenvalue weighted by molar-refractivity contribution is 0.102. The molecular weight excluding hydrogens is 258 g/mol. The first-order valence-electron chi connectivity index (χ1n) is 6.55. The molecule has 1 N–H and O–H groups in total. The molecule has 0 radical (unpaired) electrons. The van der Waals surface area contributed by atoms with Gasteiger partial charge in [-0.15, -0.1) is 5.10 Å². The van der Waals surface area contributed by atoms with Gasteiger partial charge in [-0.25, -0.2) is 0 Å². The lowest BCUT2D eigenvalue weighted by atomic mass is 10.2. The van der Waals surface area contributed by atoms with Gasteiger partial charge >= 0.3 is 0 Å². The second-order valence-corrected chi connectivity index (χ2v) is 4.13. The molecule has 0 fully saturated rings. The molecule has 7 nitrogen and oxygen atoms in total. The lowest BCUT2D eigenvalue weighted by Gasteiger charge is -2.06. The van der Waals surface area contributed by atoms with E-state index in [1.807, 2.05) is 19.9 Å². The maximum absolute atomic E-state index is 12.1. The van der Waals surface area contributed by atoms with Crippen molar-refractivity contribution in [3.05, 3.63) is 29.8 Å². The molecule has 106 valence electrons. The summed E-state index contributed by atoms with van der Waals surface area (Å²) in [5, 5.41) is 14.1. The Labute approximate surface area is 116 Å². The van der Waals surface area contributed by atoms with Gasteiger partial charge in [0.2, 0.25) is 0 Å². The van der Waals surface area contributed by atoms with Crippen molar-refractivity contribution >= 4 is 11.9 Å². The molecule has 1 aromatic heterocycles. The Balaban J connectivity index is 2.04. The number of nitrogens with one attached hydrogen (secondary N) is 1. The third-order valence-corrected chi connectivity index (χ3v) is 2.53. The summed E-state index contributed by atoms with van der Waals surface area (Å²) in [5.41, 5.74) is 0.492. The molecule has 0 aliphatic carbocycles. The molecule has 0 aliphatic heterocycles. The molecule has 2 aromatic rings. The van der Waals surface area contributed by atoms with Gasteiger partial charge < -0.3 is 4.74 Å². The van der Waals surface area contributed by atoms with E-state index in [1.54, 1.807) is 18.2 Å². The Kier molecular flexibility index (Phi) is 4.65. The van der Waals surface area contributed by atoms with Gasteiger partial charge in [0.25, 0.3) is 11.9 Å². The predicted octanol–water partition coefficient (Wildman–Crippen LogP) is 1.73. The Morgan fingerprint density at radius 2 is 2.25 bits per heavy atom. The highest BCUT2D eigenvalue weighted by Crippen LogP contribution is 2.14. The number of hydrogen-bond acceptors (Lipinski definition) is 5. The number of ether oxygens (including phenoxy) is 1. The summed E-state index contributed by atoms with van der Waals surface area (Å²) < 4.78 is 5.49. The van der Waals surface area contributed by atoms with Crippen LogP contribution in [0.1, 0.15) is 30.6 Å². The van der Waals surface area contributed by atoms with Crippen molar-refractivity contribution in [1.29, 1.82) is 0 Å². The number of hydrogen-bond donors (Lipinski definition) is 1. The summed E-state index contributed by atoms with van der Waals surface area (Å²) in [6, 6.07) is 6.99. The van der Waals surface area contributed by atoms with E-state index in [1.165, 1.54) is 4.80 Å². The Morgan fingerprint density at radius 3 is 2.95 bits per heavy atom. The van der Waals surface area contributed by atoms with Crippen LogP contribution < -0.4 is 10.1 Å². The zero-order valence-electron chi connectivity index (χ0n) is 11.5. The van der Waals surface area contributed by atoms with Gasteiger partial charge in [-0.2, -0.15) is 4.80 Å². The molecule has 0 saturated heterocycles. The van der Waals surface area contributed by atoms with E-state index in [-0.39, 0.29) is 11.9 Å². The maximum atomic E-state index is 12.1. The van der Waals surface area contributed by atoms with Crippen LogP contribution in [-0.4, -0.2) is 32.7 Å². The average molecular weight is 275 g/mol. The Bertz CT molecular complexity index is 582. The number of tetrazole rings is 1. The second-order valence-electron chi connectivity index (χ2n) is 4.13. The molecule has 7 heteroatoms. The van der Waals surface area contributed by atoms with Crippen molar-refractivity contribution in [3.63, 3.8) is 0 Å². The Hall–Kier alpha value is -2.44. The number of aromatic nitrogens is 4. The zero-order chi connectivity index (χ0) is 14.4. The van der Waals surface area contributed by atoms with Gasteiger partial charge in [-0.3, -0.25) is 10.1 Å². The number of rotatable bonds is 6. The van der Waals surface area contributed by atoms with E-state index < -0.39 is 0 Å². The lowest BCUT2D eigenvalue weighted by Crippen LogP contribution is -2.13. The largest absolute Gasteiger partial charge is 0.494 e. The van der Waals surface area contributed by atoms with E-state index in [2.05, 4.69) is 20.7 Å². The van der Waals surface area contributed by atoms with Crippen molar-refractivity contribution in [3.8, 4) is 5.75 Å². The first-order valence-corrected chi connectivity index (χ1v) is 6.55. The van der Waals surface area contributed by atoms with Gasteiger partial charge in [-0.05, 0) is 36.8 Å². The van der Waals surface area contributed by atoms with Crippen molar-refractivity contribution in [2.75, 3.05) is 11.9 Å². The van der Waals surface area contributed by atoms with Crippen LogP contribution in [0.25, 0.3) is 0 Å². The number of amides is 1. The molecule has 0 bridgehead atoms. The molecular formula is C13H17N5O2. The standard InChI is InChI=1S/C13H17N5O2/c1-3-8-20-11-7-5-6-10(9-11)12(19)14-13-15-17-18(4-2)16-13/h5-7,9H,3-4,8H2,1-2H3,(H,14,16,19). The molecule has 0 aliphatic rings. The summed E-state index contributed by atoms with van der Waals surface area (Å²) in [6.07, 6.45) is 0.917. The smallest absolute Gasteiger partial charge is 0.270 e. The molecule has 0 atom stereocenters. The highest BCUT2D eigenvalue weighted by molar-refractivity contribution is 6.03. The molecule has 0 saturated carbocycles. The quantitative estimate of drug-likeness (QED) is 0.868. The van der Waals surface area contributed by atoms with E-state index in [0.29, 0.717) is 24.5 Å². The number of carbonyl (C=O) groups excluding carboxylic acids is 1. The van der Waals surface area contributed by atoms with Crippen LogP contribution in [0.4, 0.5) is 5.95 Å². The summed E-state index contributed by atoms with van der Waals surface area (Å²) >= 11 is 0. The second kappa shape index (κ2) is 6.65. The third kappa shape index (κ3) is 3.53. The van der Waals surface area contributed by atoms with Gasteiger partial charge in [-0.1, -0.05) is 18.1 Å². The summed E-state index contributed by atoms with van der Waals surface area (Å²) in [5.74, 6) is 0.573.